The van der Waals surface area contributed by atoms with E-state index in [0.29, 0.717) is 17.0 Å². The van der Waals surface area contributed by atoms with Gasteiger partial charge in [0.2, 0.25) is 0 Å². The van der Waals surface area contributed by atoms with E-state index in [1.54, 1.807) is 13.8 Å². The Morgan fingerprint density at radius 1 is 1.64 bits per heavy atom. The lowest BCUT2D eigenvalue weighted by atomic mass is 10.1. The molecule has 4 heteroatoms. The van der Waals surface area contributed by atoms with Gasteiger partial charge in [0.1, 0.15) is 12.4 Å². The van der Waals surface area contributed by atoms with Crippen LogP contribution in [0.25, 0.3) is 0 Å². The van der Waals surface area contributed by atoms with Crippen LogP contribution in [0.3, 0.4) is 0 Å². The fraction of sp³-hybridized carbons (Fsp3) is 0.571. The molecule has 0 aliphatic carbocycles. The highest BCUT2D eigenvalue weighted by Gasteiger charge is 2.15. The summed E-state index contributed by atoms with van der Waals surface area (Å²) in [5, 5.41) is 3.66. The molecule has 1 atom stereocenters. The van der Waals surface area contributed by atoms with Crippen molar-refractivity contribution in [3.8, 4) is 0 Å². The van der Waals surface area contributed by atoms with Crippen LogP contribution in [0.4, 0.5) is 4.39 Å². The third kappa shape index (κ3) is 1.40. The van der Waals surface area contributed by atoms with Gasteiger partial charge in [-0.05, 0) is 13.8 Å². The van der Waals surface area contributed by atoms with E-state index >= 15 is 0 Å². The topological polar surface area (TPSA) is 52.0 Å². The summed E-state index contributed by atoms with van der Waals surface area (Å²) in [5.74, 6) is 0.604. The zero-order valence-electron chi connectivity index (χ0n) is 6.60. The fourth-order valence-corrected chi connectivity index (χ4v) is 1.10. The van der Waals surface area contributed by atoms with Gasteiger partial charge in [0.15, 0.2) is 0 Å². The molecule has 0 amide bonds. The van der Waals surface area contributed by atoms with Gasteiger partial charge >= 0.3 is 0 Å². The maximum Gasteiger partial charge on any atom is 0.138 e. The number of aryl methyl sites for hydroxylation is 2. The Balaban J connectivity index is 3.00. The smallest absolute Gasteiger partial charge is 0.138 e. The standard InChI is InChI=1S/C7H11FN2O/c1-4-7(6(9)3-8)5(2)11-10-4/h6H,3,9H2,1-2H3. The summed E-state index contributed by atoms with van der Waals surface area (Å²) < 4.78 is 16.9. The monoisotopic (exact) mass is 158 g/mol. The van der Waals surface area contributed by atoms with Crippen molar-refractivity contribution in [2.45, 2.75) is 19.9 Å². The highest BCUT2D eigenvalue weighted by atomic mass is 19.1. The molecule has 0 saturated heterocycles. The molecule has 0 bridgehead atoms. The van der Waals surface area contributed by atoms with E-state index < -0.39 is 12.7 Å². The van der Waals surface area contributed by atoms with E-state index in [-0.39, 0.29) is 0 Å². The second-order valence-corrected chi connectivity index (χ2v) is 2.50. The molecule has 0 radical (unpaired) electrons. The van der Waals surface area contributed by atoms with Crippen LogP contribution in [0.5, 0.6) is 0 Å². The fourth-order valence-electron chi connectivity index (χ4n) is 1.10. The molecule has 3 nitrogen and oxygen atoms in total. The molecule has 11 heavy (non-hydrogen) atoms. The largest absolute Gasteiger partial charge is 0.361 e. The summed E-state index contributed by atoms with van der Waals surface area (Å²) in [6.45, 7) is 2.90. The van der Waals surface area contributed by atoms with Crippen molar-refractivity contribution in [2.75, 3.05) is 6.67 Å². The first-order valence-corrected chi connectivity index (χ1v) is 3.41. The van der Waals surface area contributed by atoms with Crippen LogP contribution in [-0.2, 0) is 0 Å². The molecule has 0 aliphatic rings. The molecule has 1 aromatic rings. The first-order valence-electron chi connectivity index (χ1n) is 3.41. The van der Waals surface area contributed by atoms with Crippen molar-refractivity contribution in [2.24, 2.45) is 5.73 Å². The summed E-state index contributed by atoms with van der Waals surface area (Å²) >= 11 is 0. The molecular weight excluding hydrogens is 147 g/mol. The van der Waals surface area contributed by atoms with E-state index in [4.69, 9.17) is 10.3 Å². The molecule has 1 unspecified atom stereocenters. The zero-order chi connectivity index (χ0) is 8.43. The Labute approximate surface area is 64.4 Å². The lowest BCUT2D eigenvalue weighted by Gasteiger charge is -2.04. The van der Waals surface area contributed by atoms with Crippen molar-refractivity contribution in [3.63, 3.8) is 0 Å². The van der Waals surface area contributed by atoms with Crippen LogP contribution < -0.4 is 5.73 Å². The minimum absolute atomic E-state index is 0.580. The molecule has 1 aromatic heterocycles. The van der Waals surface area contributed by atoms with Crippen molar-refractivity contribution >= 4 is 0 Å². The predicted octanol–water partition coefficient (Wildman–Crippen LogP) is 1.26. The van der Waals surface area contributed by atoms with Gasteiger partial charge in [-0.1, -0.05) is 5.16 Å². The Morgan fingerprint density at radius 3 is 2.64 bits per heavy atom. The minimum atomic E-state index is -0.596. The van der Waals surface area contributed by atoms with E-state index in [1.165, 1.54) is 0 Å². The second kappa shape index (κ2) is 3.00. The molecule has 0 spiro atoms. The first-order chi connectivity index (χ1) is 5.16. The summed E-state index contributed by atoms with van der Waals surface area (Å²) in [5.41, 5.74) is 6.83. The number of hydrogen-bond acceptors (Lipinski definition) is 3. The molecule has 0 aliphatic heterocycles. The summed E-state index contributed by atoms with van der Waals surface area (Å²) in [4.78, 5) is 0. The van der Waals surface area contributed by atoms with Crippen LogP contribution in [0.15, 0.2) is 4.52 Å². The van der Waals surface area contributed by atoms with Gasteiger partial charge in [0.05, 0.1) is 11.7 Å². The zero-order valence-corrected chi connectivity index (χ0v) is 6.60. The maximum atomic E-state index is 12.1. The molecule has 2 N–H and O–H groups in total. The van der Waals surface area contributed by atoms with E-state index in [9.17, 15) is 4.39 Å². The average Bonchev–Trinajstić information content (AvgIpc) is 2.30. The van der Waals surface area contributed by atoms with Gasteiger partial charge in [0, 0.05) is 5.56 Å². The third-order valence-corrected chi connectivity index (χ3v) is 1.63. The molecule has 1 rings (SSSR count). The normalized spacial score (nSPS) is 13.5. The quantitative estimate of drug-likeness (QED) is 0.704. The van der Waals surface area contributed by atoms with Gasteiger partial charge in [-0.15, -0.1) is 0 Å². The van der Waals surface area contributed by atoms with Gasteiger partial charge in [0.25, 0.3) is 0 Å². The van der Waals surface area contributed by atoms with Crippen molar-refractivity contribution < 1.29 is 8.91 Å². The number of alkyl halides is 1. The average molecular weight is 158 g/mol. The molecule has 62 valence electrons. The number of nitrogens with zero attached hydrogens (tertiary/aromatic N) is 1. The summed E-state index contributed by atoms with van der Waals surface area (Å²) in [6.07, 6.45) is 0. The molecule has 0 fully saturated rings. The lowest BCUT2D eigenvalue weighted by molar-refractivity contribution is 0.387. The van der Waals surface area contributed by atoms with E-state index in [0.717, 1.165) is 0 Å². The van der Waals surface area contributed by atoms with Gasteiger partial charge in [-0.25, -0.2) is 4.39 Å². The van der Waals surface area contributed by atoms with Crippen LogP contribution in [0, 0.1) is 13.8 Å². The molecule has 0 saturated carbocycles. The number of nitrogens with two attached hydrogens (primary N) is 1. The Hall–Kier alpha value is -0.900. The number of aromatic nitrogens is 1. The molecule has 1 heterocycles. The highest BCUT2D eigenvalue weighted by Crippen LogP contribution is 2.19. The van der Waals surface area contributed by atoms with E-state index in [2.05, 4.69) is 5.16 Å². The first kappa shape index (κ1) is 8.20. The summed E-state index contributed by atoms with van der Waals surface area (Å²) in [6, 6.07) is -0.596. The SMILES string of the molecule is Cc1noc(C)c1C(N)CF. The van der Waals surface area contributed by atoms with Crippen LogP contribution in [-0.4, -0.2) is 11.8 Å². The molecular formula is C7H11FN2O. The van der Waals surface area contributed by atoms with Crippen LogP contribution in [0.1, 0.15) is 23.1 Å². The Bertz CT molecular complexity index is 227. The van der Waals surface area contributed by atoms with Gasteiger partial charge < -0.3 is 10.3 Å². The van der Waals surface area contributed by atoms with Crippen LogP contribution in [0.2, 0.25) is 0 Å². The van der Waals surface area contributed by atoms with Gasteiger partial charge in [-0.3, -0.25) is 0 Å². The van der Waals surface area contributed by atoms with Gasteiger partial charge in [-0.2, -0.15) is 0 Å². The minimum Gasteiger partial charge on any atom is -0.361 e. The predicted molar refractivity (Wildman–Crippen MR) is 38.9 cm³/mol. The van der Waals surface area contributed by atoms with Crippen molar-refractivity contribution in [1.29, 1.82) is 0 Å². The van der Waals surface area contributed by atoms with Crippen molar-refractivity contribution in [3.05, 3.63) is 17.0 Å². The second-order valence-electron chi connectivity index (χ2n) is 2.50. The van der Waals surface area contributed by atoms with Crippen molar-refractivity contribution in [1.82, 2.24) is 5.16 Å². The van der Waals surface area contributed by atoms with Crippen LogP contribution >= 0.6 is 0 Å². The molecule has 0 aromatic carbocycles. The summed E-state index contributed by atoms with van der Waals surface area (Å²) in [7, 11) is 0. The number of hydrogen-bond donors (Lipinski definition) is 1. The Morgan fingerprint density at radius 2 is 2.27 bits per heavy atom. The van der Waals surface area contributed by atoms with E-state index in [1.807, 2.05) is 0 Å². The third-order valence-electron chi connectivity index (χ3n) is 1.63. The number of rotatable bonds is 2. The maximum absolute atomic E-state index is 12.1. The lowest BCUT2D eigenvalue weighted by Crippen LogP contribution is -2.13. The number of halogens is 1. The Kier molecular flexibility index (Phi) is 2.24. The highest BCUT2D eigenvalue weighted by molar-refractivity contribution is 5.24.